The molecular formula is C24H23ClN2O4. The Morgan fingerprint density at radius 1 is 1.03 bits per heavy atom. The summed E-state index contributed by atoms with van der Waals surface area (Å²) in [5.41, 5.74) is 1.64. The van der Waals surface area contributed by atoms with Crippen molar-refractivity contribution < 1.29 is 14.3 Å². The quantitative estimate of drug-likeness (QED) is 0.524. The number of carbonyl (C=O) groups is 2. The lowest BCUT2D eigenvalue weighted by Gasteiger charge is -2.25. The number of nitrogens with zero attached hydrogens (tertiary/aromatic N) is 2. The van der Waals surface area contributed by atoms with Crippen molar-refractivity contribution >= 4 is 23.5 Å². The molecule has 0 saturated heterocycles. The third-order valence-corrected chi connectivity index (χ3v) is 5.47. The zero-order chi connectivity index (χ0) is 22.4. The normalized spacial score (nSPS) is 11.6. The van der Waals surface area contributed by atoms with E-state index in [4.69, 9.17) is 16.3 Å². The van der Waals surface area contributed by atoms with Crippen LogP contribution in [0.2, 0.25) is 5.02 Å². The maximum atomic E-state index is 12.5. The Kier molecular flexibility index (Phi) is 7.26. The predicted octanol–water partition coefficient (Wildman–Crippen LogP) is 3.93. The van der Waals surface area contributed by atoms with Gasteiger partial charge in [-0.15, -0.1) is 0 Å². The van der Waals surface area contributed by atoms with Crippen LogP contribution in [0.5, 0.6) is 0 Å². The van der Waals surface area contributed by atoms with Crippen molar-refractivity contribution in [2.45, 2.75) is 19.5 Å². The highest BCUT2D eigenvalue weighted by atomic mass is 35.5. The summed E-state index contributed by atoms with van der Waals surface area (Å²) in [6.07, 6.45) is 1.41. The molecule has 1 amide bonds. The maximum Gasteiger partial charge on any atom is 0.340 e. The summed E-state index contributed by atoms with van der Waals surface area (Å²) >= 11 is 6.16. The molecular weight excluding hydrogens is 416 g/mol. The lowest BCUT2D eigenvalue weighted by Crippen LogP contribution is -2.33. The molecule has 1 unspecified atom stereocenters. The van der Waals surface area contributed by atoms with Crippen molar-refractivity contribution in [2.24, 2.45) is 0 Å². The average molecular weight is 439 g/mol. The minimum atomic E-state index is -0.679. The largest absolute Gasteiger partial charge is 0.452 e. The molecule has 0 N–H and O–H groups in total. The number of benzene rings is 2. The average Bonchev–Trinajstić information content (AvgIpc) is 2.79. The van der Waals surface area contributed by atoms with Gasteiger partial charge in [-0.2, -0.15) is 0 Å². The summed E-state index contributed by atoms with van der Waals surface area (Å²) in [4.78, 5) is 38.6. The van der Waals surface area contributed by atoms with Gasteiger partial charge in [0.2, 0.25) is 0 Å². The minimum absolute atomic E-state index is 0.162. The first-order valence-electron chi connectivity index (χ1n) is 9.78. The molecule has 0 spiro atoms. The molecule has 0 aliphatic rings. The Labute approximate surface area is 185 Å². The minimum Gasteiger partial charge on any atom is -0.452 e. The number of likely N-dealkylation sites (N-methyl/N-ethyl adjacent to an activating group) is 1. The van der Waals surface area contributed by atoms with Crippen molar-refractivity contribution in [2.75, 3.05) is 13.7 Å². The molecule has 0 bridgehead atoms. The van der Waals surface area contributed by atoms with E-state index in [1.165, 1.54) is 27.8 Å². The number of amides is 1. The second-order valence-corrected chi connectivity index (χ2v) is 7.55. The predicted molar refractivity (Wildman–Crippen MR) is 119 cm³/mol. The SMILES string of the molecule is CC(c1ccccc1)N(C)C(=O)COC(=O)c1ccc(=O)n(Cc2ccccc2Cl)c1. The van der Waals surface area contributed by atoms with Crippen LogP contribution in [0.15, 0.2) is 77.7 Å². The number of halogens is 1. The first-order valence-corrected chi connectivity index (χ1v) is 10.2. The smallest absolute Gasteiger partial charge is 0.340 e. The van der Waals surface area contributed by atoms with E-state index >= 15 is 0 Å². The van der Waals surface area contributed by atoms with E-state index in [0.29, 0.717) is 5.02 Å². The maximum absolute atomic E-state index is 12.5. The van der Waals surface area contributed by atoms with Gasteiger partial charge in [-0.3, -0.25) is 9.59 Å². The standard InChI is InChI=1S/C24H23ClN2O4/c1-17(18-8-4-3-5-9-18)26(2)23(29)16-31-24(30)20-12-13-22(28)27(15-20)14-19-10-6-7-11-21(19)25/h3-13,15,17H,14,16H2,1-2H3. The fourth-order valence-corrected chi connectivity index (χ4v) is 3.26. The molecule has 7 heteroatoms. The third kappa shape index (κ3) is 5.61. The van der Waals surface area contributed by atoms with Crippen LogP contribution in [0.1, 0.15) is 34.5 Å². The Hall–Kier alpha value is -3.38. The molecule has 160 valence electrons. The lowest BCUT2D eigenvalue weighted by atomic mass is 10.1. The van der Waals surface area contributed by atoms with E-state index < -0.39 is 12.6 Å². The van der Waals surface area contributed by atoms with Gasteiger partial charge in [-0.25, -0.2) is 4.79 Å². The second-order valence-electron chi connectivity index (χ2n) is 7.14. The van der Waals surface area contributed by atoms with Gasteiger partial charge in [-0.1, -0.05) is 60.1 Å². The number of pyridine rings is 1. The highest BCUT2D eigenvalue weighted by Gasteiger charge is 2.19. The molecule has 1 atom stereocenters. The molecule has 6 nitrogen and oxygen atoms in total. The van der Waals surface area contributed by atoms with Crippen LogP contribution < -0.4 is 5.56 Å². The number of hydrogen-bond donors (Lipinski definition) is 0. The first kappa shape index (κ1) is 22.3. The van der Waals surface area contributed by atoms with Crippen molar-refractivity contribution in [1.82, 2.24) is 9.47 Å². The monoisotopic (exact) mass is 438 g/mol. The van der Waals surface area contributed by atoms with Gasteiger partial charge in [0.1, 0.15) is 0 Å². The molecule has 3 rings (SSSR count). The number of aromatic nitrogens is 1. The molecule has 1 aromatic heterocycles. The summed E-state index contributed by atoms with van der Waals surface area (Å²) in [5, 5.41) is 0.531. The van der Waals surface area contributed by atoms with Crippen LogP contribution >= 0.6 is 11.6 Å². The lowest BCUT2D eigenvalue weighted by molar-refractivity contribution is -0.135. The number of carbonyl (C=O) groups excluding carboxylic acids is 2. The molecule has 3 aromatic rings. The highest BCUT2D eigenvalue weighted by Crippen LogP contribution is 2.18. The van der Waals surface area contributed by atoms with E-state index in [2.05, 4.69) is 0 Å². The van der Waals surface area contributed by atoms with E-state index in [-0.39, 0.29) is 29.6 Å². The first-order chi connectivity index (χ1) is 14.9. The van der Waals surface area contributed by atoms with Gasteiger partial charge in [0.15, 0.2) is 6.61 Å². The van der Waals surface area contributed by atoms with Crippen LogP contribution in [0.4, 0.5) is 0 Å². The van der Waals surface area contributed by atoms with Gasteiger partial charge in [0.25, 0.3) is 11.5 Å². The van der Waals surface area contributed by atoms with E-state index in [1.54, 1.807) is 19.2 Å². The van der Waals surface area contributed by atoms with Crippen LogP contribution in [0.3, 0.4) is 0 Å². The molecule has 31 heavy (non-hydrogen) atoms. The number of hydrogen-bond acceptors (Lipinski definition) is 4. The van der Waals surface area contributed by atoms with Crippen LogP contribution in [0, 0.1) is 0 Å². The van der Waals surface area contributed by atoms with Crippen LogP contribution in [0.25, 0.3) is 0 Å². The fraction of sp³-hybridized carbons (Fsp3) is 0.208. The Morgan fingerprint density at radius 2 is 1.71 bits per heavy atom. The van der Waals surface area contributed by atoms with E-state index in [0.717, 1.165) is 11.1 Å². The van der Waals surface area contributed by atoms with Gasteiger partial charge in [-0.05, 0) is 30.2 Å². The van der Waals surface area contributed by atoms with E-state index in [9.17, 15) is 14.4 Å². The zero-order valence-electron chi connectivity index (χ0n) is 17.3. The third-order valence-electron chi connectivity index (χ3n) is 5.10. The van der Waals surface area contributed by atoms with Gasteiger partial charge < -0.3 is 14.2 Å². The molecule has 0 radical (unpaired) electrons. The molecule has 0 aliphatic heterocycles. The zero-order valence-corrected chi connectivity index (χ0v) is 18.1. The van der Waals surface area contributed by atoms with Gasteiger partial charge in [0.05, 0.1) is 18.2 Å². The van der Waals surface area contributed by atoms with Crippen molar-refractivity contribution in [3.63, 3.8) is 0 Å². The highest BCUT2D eigenvalue weighted by molar-refractivity contribution is 6.31. The van der Waals surface area contributed by atoms with Gasteiger partial charge >= 0.3 is 5.97 Å². The van der Waals surface area contributed by atoms with Crippen molar-refractivity contribution in [1.29, 1.82) is 0 Å². The molecule has 0 fully saturated rings. The summed E-state index contributed by atoms with van der Waals surface area (Å²) in [6.45, 7) is 1.73. The number of rotatable bonds is 7. The summed E-state index contributed by atoms with van der Waals surface area (Å²) in [5.74, 6) is -1.00. The topological polar surface area (TPSA) is 68.6 Å². The molecule has 0 saturated carbocycles. The Balaban J connectivity index is 1.64. The Bertz CT molecular complexity index is 1130. The van der Waals surface area contributed by atoms with Gasteiger partial charge in [0, 0.05) is 24.3 Å². The van der Waals surface area contributed by atoms with Crippen LogP contribution in [-0.4, -0.2) is 35.0 Å². The summed E-state index contributed by atoms with van der Waals surface area (Å²) in [7, 11) is 1.66. The van der Waals surface area contributed by atoms with E-state index in [1.807, 2.05) is 49.4 Å². The Morgan fingerprint density at radius 3 is 2.42 bits per heavy atom. The van der Waals surface area contributed by atoms with Crippen molar-refractivity contribution in [3.05, 3.63) is 105 Å². The molecule has 2 aromatic carbocycles. The van der Waals surface area contributed by atoms with Crippen LogP contribution in [-0.2, 0) is 16.1 Å². The molecule has 1 heterocycles. The number of ether oxygens (including phenoxy) is 1. The van der Waals surface area contributed by atoms with Crippen molar-refractivity contribution in [3.8, 4) is 0 Å². The molecule has 0 aliphatic carbocycles. The number of esters is 1. The fourth-order valence-electron chi connectivity index (χ4n) is 3.07. The second kappa shape index (κ2) is 10.1. The summed E-state index contributed by atoms with van der Waals surface area (Å²) < 4.78 is 6.57. The summed E-state index contributed by atoms with van der Waals surface area (Å²) in [6, 6.07) is 19.3.